The Morgan fingerprint density at radius 3 is 2.44 bits per heavy atom. The van der Waals surface area contributed by atoms with Crippen molar-refractivity contribution < 1.29 is 15.0 Å². The van der Waals surface area contributed by atoms with Crippen molar-refractivity contribution in [2.45, 2.75) is 52.5 Å². The molecule has 0 aliphatic carbocycles. The zero-order valence-corrected chi connectivity index (χ0v) is 16.9. The fraction of sp³-hybridized carbons (Fsp3) is 0.400. The lowest BCUT2D eigenvalue weighted by atomic mass is 9.97. The van der Waals surface area contributed by atoms with Gasteiger partial charge in [-0.15, -0.1) is 12.4 Å². The first-order valence-corrected chi connectivity index (χ1v) is 8.83. The van der Waals surface area contributed by atoms with E-state index in [4.69, 9.17) is 5.73 Å². The van der Waals surface area contributed by atoms with Crippen molar-refractivity contribution in [1.82, 2.24) is 10.3 Å². The zero-order chi connectivity index (χ0) is 19.4. The number of aryl methyl sites for hydroxylation is 1. The van der Waals surface area contributed by atoms with E-state index in [1.54, 1.807) is 6.07 Å². The number of rotatable bonds is 6. The number of nitrogens with two attached hydrogens (primary N) is 1. The number of aromatic nitrogens is 1. The summed E-state index contributed by atoms with van der Waals surface area (Å²) in [6.07, 6.45) is 1.52. The molecule has 5 N–H and O–H groups in total. The van der Waals surface area contributed by atoms with Crippen LogP contribution < -0.4 is 11.1 Å². The van der Waals surface area contributed by atoms with Crippen molar-refractivity contribution in [2.75, 3.05) is 5.73 Å². The molecule has 0 fully saturated rings. The second-order valence-electron chi connectivity index (χ2n) is 6.89. The van der Waals surface area contributed by atoms with E-state index in [0.29, 0.717) is 23.5 Å². The van der Waals surface area contributed by atoms with Gasteiger partial charge in [-0.3, -0.25) is 4.79 Å². The normalized spacial score (nSPS) is 11.7. The van der Waals surface area contributed by atoms with Gasteiger partial charge in [-0.1, -0.05) is 27.2 Å². The third kappa shape index (κ3) is 5.50. The molecule has 1 aromatic carbocycles. The minimum Gasteiger partial charge on any atom is -0.508 e. The molecule has 27 heavy (non-hydrogen) atoms. The molecule has 0 saturated heterocycles. The first-order valence-electron chi connectivity index (χ1n) is 8.83. The Labute approximate surface area is 166 Å². The van der Waals surface area contributed by atoms with Crippen LogP contribution in [0.4, 0.5) is 5.82 Å². The summed E-state index contributed by atoms with van der Waals surface area (Å²) in [6.45, 7) is 7.70. The van der Waals surface area contributed by atoms with Crippen molar-refractivity contribution in [2.24, 2.45) is 0 Å². The van der Waals surface area contributed by atoms with Gasteiger partial charge >= 0.3 is 0 Å². The van der Waals surface area contributed by atoms with Crippen LogP contribution in [0.5, 0.6) is 11.5 Å². The highest BCUT2D eigenvalue weighted by Gasteiger charge is 2.22. The van der Waals surface area contributed by atoms with Gasteiger partial charge in [-0.25, -0.2) is 4.98 Å². The summed E-state index contributed by atoms with van der Waals surface area (Å²) in [5, 5.41) is 23.3. The number of nitrogens with one attached hydrogen (secondary N) is 1. The Bertz CT molecular complexity index is 789. The highest BCUT2D eigenvalue weighted by Crippen LogP contribution is 2.33. The maximum Gasteiger partial charge on any atom is 0.255 e. The number of aromatic hydroxyl groups is 2. The van der Waals surface area contributed by atoms with Crippen LogP contribution >= 0.6 is 12.4 Å². The van der Waals surface area contributed by atoms with Gasteiger partial charge in [-0.05, 0) is 49.1 Å². The van der Waals surface area contributed by atoms with Crippen molar-refractivity contribution in [3.8, 4) is 11.5 Å². The Kier molecular flexibility index (Phi) is 7.91. The lowest BCUT2D eigenvalue weighted by molar-refractivity contribution is 0.0930. The van der Waals surface area contributed by atoms with E-state index in [9.17, 15) is 15.0 Å². The average molecular weight is 394 g/mol. The molecule has 6 nitrogen and oxygen atoms in total. The number of halogens is 1. The Balaban J connectivity index is 0.00000364. The summed E-state index contributed by atoms with van der Waals surface area (Å²) >= 11 is 0. The summed E-state index contributed by atoms with van der Waals surface area (Å²) in [7, 11) is 0. The molecule has 2 rings (SSSR count). The average Bonchev–Trinajstić information content (AvgIpc) is 2.55. The van der Waals surface area contributed by atoms with E-state index in [2.05, 4.69) is 10.3 Å². The van der Waals surface area contributed by atoms with E-state index in [-0.39, 0.29) is 41.4 Å². The molecule has 1 unspecified atom stereocenters. The summed E-state index contributed by atoms with van der Waals surface area (Å²) in [4.78, 5) is 17.1. The molecule has 1 amide bonds. The maximum absolute atomic E-state index is 12.8. The number of carbonyl (C=O) groups is 1. The largest absolute Gasteiger partial charge is 0.508 e. The first kappa shape index (κ1) is 22.6. The number of phenolic OH excluding ortho intramolecular Hbond substituents is 2. The molecule has 2 aromatic rings. The smallest absolute Gasteiger partial charge is 0.255 e. The summed E-state index contributed by atoms with van der Waals surface area (Å²) in [5.41, 5.74) is 8.06. The van der Waals surface area contributed by atoms with Gasteiger partial charge in [-0.2, -0.15) is 0 Å². The van der Waals surface area contributed by atoms with Gasteiger partial charge in [0.15, 0.2) is 0 Å². The molecule has 0 aliphatic heterocycles. The maximum atomic E-state index is 12.8. The Morgan fingerprint density at radius 1 is 1.22 bits per heavy atom. The number of pyridine rings is 1. The first-order chi connectivity index (χ1) is 12.2. The fourth-order valence-electron chi connectivity index (χ4n) is 2.97. The highest BCUT2D eigenvalue weighted by molar-refractivity contribution is 5.98. The number of benzene rings is 1. The minimum absolute atomic E-state index is 0. The van der Waals surface area contributed by atoms with Crippen LogP contribution in [0, 0.1) is 6.92 Å². The number of carbonyl (C=O) groups excluding carboxylic acids is 1. The van der Waals surface area contributed by atoms with E-state index in [1.165, 1.54) is 12.1 Å². The van der Waals surface area contributed by atoms with Gasteiger partial charge in [0.1, 0.15) is 17.3 Å². The van der Waals surface area contributed by atoms with Gasteiger partial charge in [0, 0.05) is 5.56 Å². The third-order valence-electron chi connectivity index (χ3n) is 4.24. The van der Waals surface area contributed by atoms with E-state index < -0.39 is 5.91 Å². The van der Waals surface area contributed by atoms with Crippen LogP contribution in [0.1, 0.15) is 72.8 Å². The zero-order valence-electron chi connectivity index (χ0n) is 16.1. The number of hydrogen-bond donors (Lipinski definition) is 4. The van der Waals surface area contributed by atoms with E-state index >= 15 is 0 Å². The quantitative estimate of drug-likeness (QED) is 0.550. The highest BCUT2D eigenvalue weighted by atomic mass is 35.5. The Hall–Kier alpha value is -2.47. The molecular formula is C20H28ClN3O3. The van der Waals surface area contributed by atoms with Gasteiger partial charge in [0.05, 0.1) is 17.3 Å². The van der Waals surface area contributed by atoms with Gasteiger partial charge < -0.3 is 21.3 Å². The molecule has 0 spiro atoms. The number of nitrogens with zero attached hydrogens (tertiary/aromatic N) is 1. The summed E-state index contributed by atoms with van der Waals surface area (Å²) in [6, 6.07) is 6.07. The molecule has 1 aromatic heterocycles. The van der Waals surface area contributed by atoms with Gasteiger partial charge in [0.2, 0.25) is 0 Å². The predicted molar refractivity (Wildman–Crippen MR) is 110 cm³/mol. The monoisotopic (exact) mass is 393 g/mol. The molecule has 1 atom stereocenters. The predicted octanol–water partition coefficient (Wildman–Crippen LogP) is 4.20. The molecule has 0 radical (unpaired) electrons. The molecule has 0 saturated carbocycles. The van der Waals surface area contributed by atoms with Crippen LogP contribution in [0.15, 0.2) is 24.3 Å². The number of nitrogen functional groups attached to an aromatic ring is 1. The SMILES string of the molecule is CCCC(NC(=O)c1cc(O)cc(C(C)C)c1O)c1cc(C)cc(N)n1.Cl. The lowest BCUT2D eigenvalue weighted by Crippen LogP contribution is -2.29. The van der Waals surface area contributed by atoms with Crippen molar-refractivity contribution in [1.29, 1.82) is 0 Å². The molecule has 0 bridgehead atoms. The molecule has 7 heteroatoms. The second kappa shape index (κ2) is 9.46. The second-order valence-corrected chi connectivity index (χ2v) is 6.89. The van der Waals surface area contributed by atoms with Crippen molar-refractivity contribution in [3.63, 3.8) is 0 Å². The van der Waals surface area contributed by atoms with E-state index in [1.807, 2.05) is 33.8 Å². The molecule has 148 valence electrons. The van der Waals surface area contributed by atoms with Crippen LogP contribution in [0.25, 0.3) is 0 Å². The van der Waals surface area contributed by atoms with Gasteiger partial charge in [0.25, 0.3) is 5.91 Å². The standard InChI is InChI=1S/C20H27N3O3.ClH/c1-5-6-16(17-7-12(4)8-18(21)22-17)23-20(26)15-10-13(24)9-14(11(2)3)19(15)25;/h7-11,16,24-25H,5-6H2,1-4H3,(H2,21,22)(H,23,26);1H. The van der Waals surface area contributed by atoms with Crippen molar-refractivity contribution >= 4 is 24.1 Å². The minimum atomic E-state index is -0.458. The number of amides is 1. The molecular weight excluding hydrogens is 366 g/mol. The van der Waals surface area contributed by atoms with Crippen LogP contribution in [0.3, 0.4) is 0 Å². The molecule has 0 aliphatic rings. The number of phenols is 2. The fourth-order valence-corrected chi connectivity index (χ4v) is 2.97. The van der Waals surface area contributed by atoms with Crippen LogP contribution in [0.2, 0.25) is 0 Å². The Morgan fingerprint density at radius 2 is 1.89 bits per heavy atom. The topological polar surface area (TPSA) is 108 Å². The lowest BCUT2D eigenvalue weighted by Gasteiger charge is -2.20. The number of anilines is 1. The summed E-state index contributed by atoms with van der Waals surface area (Å²) in [5.74, 6) is -0.250. The third-order valence-corrected chi connectivity index (χ3v) is 4.24. The van der Waals surface area contributed by atoms with Crippen LogP contribution in [-0.4, -0.2) is 21.1 Å². The van der Waals surface area contributed by atoms with E-state index in [0.717, 1.165) is 12.0 Å². The summed E-state index contributed by atoms with van der Waals surface area (Å²) < 4.78 is 0. The van der Waals surface area contributed by atoms with Crippen molar-refractivity contribution in [3.05, 3.63) is 46.6 Å². The molecule has 1 heterocycles. The van der Waals surface area contributed by atoms with Crippen LogP contribution in [-0.2, 0) is 0 Å². The number of hydrogen-bond acceptors (Lipinski definition) is 5.